The molecule has 1 fully saturated rings. The smallest absolute Gasteiger partial charge is 0.226 e. The molecule has 5 nitrogen and oxygen atoms in total. The summed E-state index contributed by atoms with van der Waals surface area (Å²) in [5.74, 6) is 2.04. The molecule has 6 heteroatoms. The number of nitrogens with zero attached hydrogens (tertiary/aromatic N) is 2. The first-order valence-corrected chi connectivity index (χ1v) is 8.26. The lowest BCUT2D eigenvalue weighted by molar-refractivity contribution is -0.121. The highest BCUT2D eigenvalue weighted by Gasteiger charge is 2.28. The predicted molar refractivity (Wildman–Crippen MR) is 80.9 cm³/mol. The molecule has 0 aromatic carbocycles. The average Bonchev–Trinajstić information content (AvgIpc) is 2.98. The standard InChI is InChI=1S/C15H19N3O2S/c1-10(11-7-8-11)16-13(19)5-2-6-14-17-15(18-20-14)12-4-3-9-21-12/h3-4,9-11H,2,5-8H2,1H3,(H,16,19)/t10-/m0/s1. The van der Waals surface area contributed by atoms with Crippen LogP contribution in [0.15, 0.2) is 22.0 Å². The van der Waals surface area contributed by atoms with Crippen molar-refractivity contribution in [2.75, 3.05) is 0 Å². The third kappa shape index (κ3) is 3.91. The van der Waals surface area contributed by atoms with Crippen molar-refractivity contribution in [3.63, 3.8) is 0 Å². The van der Waals surface area contributed by atoms with E-state index < -0.39 is 0 Å². The maximum Gasteiger partial charge on any atom is 0.226 e. The normalized spacial score (nSPS) is 15.9. The summed E-state index contributed by atoms with van der Waals surface area (Å²) in [7, 11) is 0. The second-order valence-corrected chi connectivity index (χ2v) is 6.48. The lowest BCUT2D eigenvalue weighted by Gasteiger charge is -2.12. The summed E-state index contributed by atoms with van der Waals surface area (Å²) in [5, 5.41) is 8.99. The van der Waals surface area contributed by atoms with Gasteiger partial charge in [0, 0.05) is 18.9 Å². The van der Waals surface area contributed by atoms with Gasteiger partial charge < -0.3 is 9.84 Å². The van der Waals surface area contributed by atoms with Crippen LogP contribution in [0.4, 0.5) is 0 Å². The quantitative estimate of drug-likeness (QED) is 0.853. The Balaban J connectivity index is 1.42. The van der Waals surface area contributed by atoms with Gasteiger partial charge in [0.1, 0.15) is 0 Å². The van der Waals surface area contributed by atoms with Gasteiger partial charge in [-0.05, 0) is 43.6 Å². The number of nitrogens with one attached hydrogen (secondary N) is 1. The molecule has 0 bridgehead atoms. The van der Waals surface area contributed by atoms with Gasteiger partial charge in [-0.3, -0.25) is 4.79 Å². The van der Waals surface area contributed by atoms with Crippen molar-refractivity contribution >= 4 is 17.2 Å². The van der Waals surface area contributed by atoms with E-state index in [1.807, 2.05) is 17.5 Å². The first-order valence-electron chi connectivity index (χ1n) is 7.38. The van der Waals surface area contributed by atoms with Crippen molar-refractivity contribution in [1.29, 1.82) is 0 Å². The molecule has 1 saturated carbocycles. The van der Waals surface area contributed by atoms with Crippen molar-refractivity contribution in [3.8, 4) is 10.7 Å². The first-order chi connectivity index (χ1) is 10.2. The van der Waals surface area contributed by atoms with E-state index in [0.29, 0.717) is 36.5 Å². The molecular formula is C15H19N3O2S. The van der Waals surface area contributed by atoms with Gasteiger partial charge in [0.25, 0.3) is 0 Å². The molecule has 2 heterocycles. The van der Waals surface area contributed by atoms with Gasteiger partial charge in [-0.25, -0.2) is 0 Å². The Bertz CT molecular complexity index is 590. The molecule has 0 saturated heterocycles. The summed E-state index contributed by atoms with van der Waals surface area (Å²) in [6, 6.07) is 4.24. The highest BCUT2D eigenvalue weighted by Crippen LogP contribution is 2.32. The zero-order valence-electron chi connectivity index (χ0n) is 12.0. The lowest BCUT2D eigenvalue weighted by atomic mass is 10.2. The Labute approximate surface area is 127 Å². The summed E-state index contributed by atoms with van der Waals surface area (Å²) in [6.45, 7) is 2.08. The molecule has 2 aromatic heterocycles. The number of carbonyl (C=O) groups excluding carboxylic acids is 1. The minimum Gasteiger partial charge on any atom is -0.353 e. The molecule has 2 aromatic rings. The van der Waals surface area contributed by atoms with Crippen LogP contribution in [0, 0.1) is 5.92 Å². The van der Waals surface area contributed by atoms with E-state index in [0.717, 1.165) is 11.3 Å². The highest BCUT2D eigenvalue weighted by atomic mass is 32.1. The van der Waals surface area contributed by atoms with Gasteiger partial charge in [-0.15, -0.1) is 11.3 Å². The lowest BCUT2D eigenvalue weighted by Crippen LogP contribution is -2.33. The minimum absolute atomic E-state index is 0.118. The van der Waals surface area contributed by atoms with Gasteiger partial charge in [0.05, 0.1) is 4.88 Å². The van der Waals surface area contributed by atoms with Crippen LogP contribution < -0.4 is 5.32 Å². The molecule has 1 atom stereocenters. The molecule has 1 aliphatic carbocycles. The second kappa shape index (κ2) is 6.39. The first kappa shape index (κ1) is 14.3. The fraction of sp³-hybridized carbons (Fsp3) is 0.533. The zero-order chi connectivity index (χ0) is 14.7. The molecule has 0 radical (unpaired) electrons. The Kier molecular flexibility index (Phi) is 4.34. The fourth-order valence-electron chi connectivity index (χ4n) is 2.30. The van der Waals surface area contributed by atoms with Crippen LogP contribution in [0.2, 0.25) is 0 Å². The van der Waals surface area contributed by atoms with Crippen LogP contribution in [0.25, 0.3) is 10.7 Å². The molecule has 112 valence electrons. The molecule has 3 rings (SSSR count). The largest absolute Gasteiger partial charge is 0.353 e. The van der Waals surface area contributed by atoms with Crippen LogP contribution in [0.5, 0.6) is 0 Å². The molecule has 1 N–H and O–H groups in total. The predicted octanol–water partition coefficient (Wildman–Crippen LogP) is 3.04. The monoisotopic (exact) mass is 305 g/mol. The van der Waals surface area contributed by atoms with Crippen molar-refractivity contribution in [2.45, 2.75) is 45.1 Å². The molecule has 1 aliphatic rings. The Morgan fingerprint density at radius 1 is 1.57 bits per heavy atom. The van der Waals surface area contributed by atoms with Crippen LogP contribution in [0.1, 0.15) is 38.5 Å². The Hall–Kier alpha value is -1.69. The molecule has 1 amide bonds. The Morgan fingerprint density at radius 2 is 2.43 bits per heavy atom. The molecular weight excluding hydrogens is 286 g/mol. The van der Waals surface area contributed by atoms with Crippen LogP contribution >= 0.6 is 11.3 Å². The number of aryl methyl sites for hydroxylation is 1. The summed E-state index contributed by atoms with van der Waals surface area (Å²) < 4.78 is 5.21. The number of thiophene rings is 1. The summed E-state index contributed by atoms with van der Waals surface area (Å²) in [5.41, 5.74) is 0. The van der Waals surface area contributed by atoms with E-state index >= 15 is 0 Å². The number of hydrogen-bond donors (Lipinski definition) is 1. The van der Waals surface area contributed by atoms with E-state index in [1.54, 1.807) is 11.3 Å². The van der Waals surface area contributed by atoms with Crippen LogP contribution in [-0.2, 0) is 11.2 Å². The molecule has 0 spiro atoms. The van der Waals surface area contributed by atoms with Gasteiger partial charge in [-0.2, -0.15) is 4.98 Å². The Morgan fingerprint density at radius 3 is 3.14 bits per heavy atom. The molecule has 0 unspecified atom stereocenters. The van der Waals surface area contributed by atoms with E-state index in [-0.39, 0.29) is 5.91 Å². The summed E-state index contributed by atoms with van der Waals surface area (Å²) in [6.07, 6.45) is 4.37. The third-order valence-electron chi connectivity index (χ3n) is 3.72. The number of carbonyl (C=O) groups is 1. The maximum absolute atomic E-state index is 11.8. The highest BCUT2D eigenvalue weighted by molar-refractivity contribution is 7.13. The molecule has 21 heavy (non-hydrogen) atoms. The number of hydrogen-bond acceptors (Lipinski definition) is 5. The number of rotatable bonds is 7. The zero-order valence-corrected chi connectivity index (χ0v) is 12.9. The fourth-order valence-corrected chi connectivity index (χ4v) is 2.95. The number of aromatic nitrogens is 2. The SMILES string of the molecule is C[C@H](NC(=O)CCCc1nc(-c2cccs2)no1)C1CC1. The van der Waals surface area contributed by atoms with Crippen LogP contribution in [-0.4, -0.2) is 22.1 Å². The topological polar surface area (TPSA) is 68.0 Å². The van der Waals surface area contributed by atoms with E-state index in [9.17, 15) is 4.79 Å². The van der Waals surface area contributed by atoms with Crippen molar-refractivity contribution in [1.82, 2.24) is 15.5 Å². The van der Waals surface area contributed by atoms with E-state index in [1.165, 1.54) is 12.8 Å². The van der Waals surface area contributed by atoms with Crippen molar-refractivity contribution < 1.29 is 9.32 Å². The summed E-state index contributed by atoms with van der Waals surface area (Å²) in [4.78, 5) is 17.1. The van der Waals surface area contributed by atoms with Crippen molar-refractivity contribution in [2.24, 2.45) is 5.92 Å². The average molecular weight is 305 g/mol. The maximum atomic E-state index is 11.8. The van der Waals surface area contributed by atoms with Gasteiger partial charge in [-0.1, -0.05) is 11.2 Å². The second-order valence-electron chi connectivity index (χ2n) is 5.54. The van der Waals surface area contributed by atoms with E-state index in [2.05, 4.69) is 22.4 Å². The molecule has 0 aliphatic heterocycles. The summed E-state index contributed by atoms with van der Waals surface area (Å²) >= 11 is 1.58. The number of amides is 1. The van der Waals surface area contributed by atoms with Gasteiger partial charge in [0.15, 0.2) is 0 Å². The van der Waals surface area contributed by atoms with Gasteiger partial charge >= 0.3 is 0 Å². The van der Waals surface area contributed by atoms with Crippen LogP contribution in [0.3, 0.4) is 0 Å². The van der Waals surface area contributed by atoms with Gasteiger partial charge in [0.2, 0.25) is 17.6 Å². The van der Waals surface area contributed by atoms with Crippen molar-refractivity contribution in [3.05, 3.63) is 23.4 Å². The minimum atomic E-state index is 0.118. The third-order valence-corrected chi connectivity index (χ3v) is 4.59. The van der Waals surface area contributed by atoms with E-state index in [4.69, 9.17) is 4.52 Å².